The van der Waals surface area contributed by atoms with E-state index in [1.165, 1.54) is 96.3 Å². The fourth-order valence-electron chi connectivity index (χ4n) is 15.6. The topological polar surface area (TPSA) is 180 Å². The number of nitrogens with zero attached hydrogens (tertiary/aromatic N) is 8. The summed E-state index contributed by atoms with van der Waals surface area (Å²) in [6.07, 6.45) is 28.8. The van der Waals surface area contributed by atoms with Crippen molar-refractivity contribution in [2.75, 3.05) is 13.1 Å². The number of aryl methyl sites for hydroxylation is 2. The van der Waals surface area contributed by atoms with Crippen LogP contribution in [0.4, 0.5) is 11.4 Å². The molecule has 4 saturated carbocycles. The van der Waals surface area contributed by atoms with Crippen LogP contribution in [0.1, 0.15) is 187 Å². The number of guanidine groups is 2. The summed E-state index contributed by atoms with van der Waals surface area (Å²) in [5, 5.41) is 12.7. The average Bonchev–Trinajstić information content (AvgIpc) is 4.26. The van der Waals surface area contributed by atoms with Crippen LogP contribution in [0.3, 0.4) is 0 Å². The first kappa shape index (κ1) is 58.7. The highest BCUT2D eigenvalue weighted by molar-refractivity contribution is 5.85. The lowest BCUT2D eigenvalue weighted by atomic mass is 9.78. The molecule has 0 spiro atoms. The number of hydrogen-bond donors (Lipinski definition) is 3. The van der Waals surface area contributed by atoms with Crippen LogP contribution >= 0.6 is 0 Å². The molecule has 6 aliphatic rings. The number of oxazole rings is 2. The molecule has 5 N–H and O–H groups in total. The molecule has 5 unspecified atom stereocenters. The minimum atomic E-state index is -0.594. The molecule has 12 rings (SSSR count). The molecular formula is C70H92N10O5. The van der Waals surface area contributed by atoms with E-state index in [9.17, 15) is 5.11 Å². The summed E-state index contributed by atoms with van der Waals surface area (Å²) in [4.78, 5) is 29.5. The van der Waals surface area contributed by atoms with Crippen LogP contribution in [-0.4, -0.2) is 90.0 Å². The minimum Gasteiger partial charge on any atom is -0.457 e. The lowest BCUT2D eigenvalue weighted by Crippen LogP contribution is -2.50. The van der Waals surface area contributed by atoms with Crippen molar-refractivity contribution in [1.29, 1.82) is 0 Å². The van der Waals surface area contributed by atoms with Gasteiger partial charge in [-0.3, -0.25) is 9.80 Å². The van der Waals surface area contributed by atoms with E-state index in [2.05, 4.69) is 56.0 Å². The van der Waals surface area contributed by atoms with Gasteiger partial charge in [0.25, 0.3) is 0 Å². The summed E-state index contributed by atoms with van der Waals surface area (Å²) in [6, 6.07) is 31.8. The van der Waals surface area contributed by atoms with Gasteiger partial charge in [-0.1, -0.05) is 94.5 Å². The van der Waals surface area contributed by atoms with Gasteiger partial charge in [-0.15, -0.1) is 0 Å². The molecule has 6 aromatic rings. The van der Waals surface area contributed by atoms with E-state index >= 15 is 0 Å². The maximum absolute atomic E-state index is 12.7. The number of aromatic nitrogens is 2. The Balaban J connectivity index is 0.718. The zero-order chi connectivity index (χ0) is 58.1. The summed E-state index contributed by atoms with van der Waals surface area (Å²) < 4.78 is 24.5. The van der Waals surface area contributed by atoms with Gasteiger partial charge in [-0.25, -0.2) is 20.0 Å². The number of benzene rings is 4. The molecule has 4 aromatic carbocycles. The highest BCUT2D eigenvalue weighted by atomic mass is 16.5. The van der Waals surface area contributed by atoms with E-state index in [0.29, 0.717) is 61.4 Å². The first-order chi connectivity index (χ1) is 41.6. The summed E-state index contributed by atoms with van der Waals surface area (Å²) in [6.45, 7) is 8.51. The molecule has 4 heterocycles. The van der Waals surface area contributed by atoms with Crippen LogP contribution in [-0.2, 0) is 26.2 Å². The van der Waals surface area contributed by atoms with E-state index in [1.54, 1.807) is 6.26 Å². The Kier molecular flexibility index (Phi) is 19.2. The fourth-order valence-corrected chi connectivity index (χ4v) is 15.6. The molecule has 4 aliphatic carbocycles. The maximum atomic E-state index is 12.7. The molecule has 15 nitrogen and oxygen atoms in total. The number of nitrogens with two attached hydrogens (primary N) is 2. The predicted octanol–water partition coefficient (Wildman–Crippen LogP) is 14.9. The van der Waals surface area contributed by atoms with E-state index < -0.39 is 6.10 Å². The van der Waals surface area contributed by atoms with Gasteiger partial charge in [0.05, 0.1) is 28.9 Å². The van der Waals surface area contributed by atoms with Crippen LogP contribution in [0.25, 0.3) is 0 Å². The van der Waals surface area contributed by atoms with E-state index in [1.807, 2.05) is 74.7 Å². The smallest absolute Gasteiger partial charge is 0.197 e. The second-order valence-corrected chi connectivity index (χ2v) is 25.6. The predicted molar refractivity (Wildman–Crippen MR) is 335 cm³/mol. The Bertz CT molecular complexity index is 3180. The largest absolute Gasteiger partial charge is 0.457 e. The summed E-state index contributed by atoms with van der Waals surface area (Å²) in [7, 11) is 0. The van der Waals surface area contributed by atoms with Gasteiger partial charge in [0.1, 0.15) is 35.5 Å². The summed E-state index contributed by atoms with van der Waals surface area (Å²) in [5.41, 5.74) is 21.0. The Hall–Kier alpha value is -6.68. The molecule has 2 aliphatic heterocycles. The highest BCUT2D eigenvalue weighted by Crippen LogP contribution is 2.42. The van der Waals surface area contributed by atoms with Gasteiger partial charge in [0, 0.05) is 81.2 Å². The van der Waals surface area contributed by atoms with Gasteiger partial charge in [-0.05, 0) is 168 Å². The van der Waals surface area contributed by atoms with Gasteiger partial charge >= 0.3 is 0 Å². The molecule has 5 atom stereocenters. The van der Waals surface area contributed by atoms with Gasteiger partial charge in [0.2, 0.25) is 0 Å². The van der Waals surface area contributed by atoms with Gasteiger partial charge < -0.3 is 44.7 Å². The van der Waals surface area contributed by atoms with Crippen molar-refractivity contribution in [3.8, 4) is 23.0 Å². The Morgan fingerprint density at radius 3 is 1.61 bits per heavy atom. The molecule has 0 amide bonds. The fraction of sp³-hybridized carbons (Fsp3) is 0.543. The van der Waals surface area contributed by atoms with Crippen molar-refractivity contribution in [1.82, 2.24) is 29.6 Å². The number of aliphatic imine (C=N–C) groups is 2. The third-order valence-electron chi connectivity index (χ3n) is 19.9. The quantitative estimate of drug-likeness (QED) is 0.0552. The standard InChI is InChI=1S/C70H92N10O5/c1-48-73-55(46-82-48)44-77(57-24-11-5-12-25-57)37-17-31-65(50-19-7-3-8-20-50)79-43-54-41-61(34-36-64(54)76-69(79)71)85-59-28-15-23-52(39-59)62-29-16-30-67(68(62)81)78(45-56-47-83-49(2)74-56)38-18-32-66(51-21-9-4-10-22-51)80-42-53-40-60(33-35-63(53)75-70(80)72)84-58-26-13-6-14-27-58/h6,13-15,23,26-28,33-36,39-41,46-47,50-51,57,62,65-68,81H,3-5,7-12,16-22,24-25,29-32,37-38,42-45H2,1-2H3,(H2,71,76)(H2,72,75). The SMILES string of the molecule is Cc1nc(CN(CCCC(C2CCCCC2)N2Cc3cc(Oc4cccc(C5CCCC(N(CCCC(C6CCCCC6)N6Cc7cc(Oc8ccccc8)ccc7N=C6N)Cc6coc(C)n6)C5O)c4)ccc3N=C2N)C2CCCCC2)co1. The molecular weight excluding hydrogens is 1060 g/mol. The number of ether oxygens (including phenoxy) is 2. The van der Waals surface area contributed by atoms with Crippen LogP contribution in [0, 0.1) is 25.7 Å². The molecule has 452 valence electrons. The van der Waals surface area contributed by atoms with E-state index in [-0.39, 0.29) is 18.0 Å². The van der Waals surface area contributed by atoms with Crippen LogP contribution < -0.4 is 20.9 Å². The number of rotatable bonds is 23. The zero-order valence-corrected chi connectivity index (χ0v) is 50.5. The van der Waals surface area contributed by atoms with Crippen molar-refractivity contribution in [2.24, 2.45) is 33.3 Å². The second kappa shape index (κ2) is 27.8. The number of para-hydroxylation sites is 1. The molecule has 0 radical (unpaired) electrons. The maximum Gasteiger partial charge on any atom is 0.197 e. The Morgan fingerprint density at radius 2 is 1.06 bits per heavy atom. The number of fused-ring (bicyclic) bond motifs is 2. The van der Waals surface area contributed by atoms with Crippen molar-refractivity contribution >= 4 is 23.3 Å². The van der Waals surface area contributed by atoms with Gasteiger partial charge in [0.15, 0.2) is 23.7 Å². The summed E-state index contributed by atoms with van der Waals surface area (Å²) >= 11 is 0. The lowest BCUT2D eigenvalue weighted by molar-refractivity contribution is -0.00120. The first-order valence-corrected chi connectivity index (χ1v) is 32.6. The third kappa shape index (κ3) is 14.6. The zero-order valence-electron chi connectivity index (χ0n) is 50.5. The van der Waals surface area contributed by atoms with Crippen molar-refractivity contribution < 1.29 is 23.4 Å². The molecule has 4 fully saturated rings. The first-order valence-electron chi connectivity index (χ1n) is 32.6. The summed E-state index contributed by atoms with van der Waals surface area (Å²) in [5.74, 6) is 6.79. The molecule has 2 aromatic heterocycles. The molecule has 0 bridgehead atoms. The molecule has 0 saturated heterocycles. The Morgan fingerprint density at radius 1 is 0.553 bits per heavy atom. The normalized spacial score (nSPS) is 21.5. The number of aliphatic hydroxyl groups excluding tert-OH is 1. The van der Waals surface area contributed by atoms with Crippen molar-refractivity contribution in [3.63, 3.8) is 0 Å². The average molecular weight is 1150 g/mol. The van der Waals surface area contributed by atoms with Crippen molar-refractivity contribution in [3.05, 3.63) is 143 Å². The minimum absolute atomic E-state index is 0.0635. The molecule has 15 heteroatoms. The van der Waals surface area contributed by atoms with Crippen molar-refractivity contribution in [2.45, 2.75) is 217 Å². The highest BCUT2D eigenvalue weighted by Gasteiger charge is 2.39. The molecule has 85 heavy (non-hydrogen) atoms. The van der Waals surface area contributed by atoms with Crippen LogP contribution in [0.15, 0.2) is 122 Å². The third-order valence-corrected chi connectivity index (χ3v) is 19.9. The van der Waals surface area contributed by atoms with Gasteiger partial charge in [-0.2, -0.15) is 0 Å². The lowest BCUT2D eigenvalue weighted by Gasteiger charge is -2.43. The number of hydrogen-bond acceptors (Lipinski definition) is 15. The van der Waals surface area contributed by atoms with E-state index in [0.717, 1.165) is 133 Å². The van der Waals surface area contributed by atoms with E-state index in [4.69, 9.17) is 49.7 Å². The second-order valence-electron chi connectivity index (χ2n) is 25.6. The Labute approximate surface area is 504 Å². The number of aliphatic hydroxyl groups is 1. The van der Waals surface area contributed by atoms with Crippen LogP contribution in [0.2, 0.25) is 0 Å². The monoisotopic (exact) mass is 1150 g/mol. The van der Waals surface area contributed by atoms with Crippen LogP contribution in [0.5, 0.6) is 23.0 Å².